The molecule has 0 spiro atoms. The van der Waals surface area contributed by atoms with Crippen molar-refractivity contribution in [1.29, 1.82) is 0 Å². The summed E-state index contributed by atoms with van der Waals surface area (Å²) < 4.78 is 5.36. The number of fused-ring (bicyclic) bond motifs is 3. The van der Waals surface area contributed by atoms with Crippen LogP contribution in [0.1, 0.15) is 45.1 Å². The lowest BCUT2D eigenvalue weighted by atomic mass is 9.69. The van der Waals surface area contributed by atoms with Crippen LogP contribution in [0.25, 0.3) is 0 Å². The highest BCUT2D eigenvalue weighted by Gasteiger charge is 2.50. The molecule has 0 radical (unpaired) electrons. The molecule has 1 fully saturated rings. The molecular formula is C16H21NO2. The van der Waals surface area contributed by atoms with Gasteiger partial charge in [-0.15, -0.1) is 0 Å². The van der Waals surface area contributed by atoms with Crippen LogP contribution in [0.4, 0.5) is 5.69 Å². The third kappa shape index (κ3) is 1.67. The van der Waals surface area contributed by atoms with Crippen molar-refractivity contribution >= 4 is 11.6 Å². The quantitative estimate of drug-likeness (QED) is 0.774. The van der Waals surface area contributed by atoms with Crippen LogP contribution in [-0.4, -0.2) is 19.1 Å². The Kier molecular flexibility index (Phi) is 2.80. The van der Waals surface area contributed by atoms with E-state index >= 15 is 0 Å². The Morgan fingerprint density at radius 2 is 2.21 bits per heavy atom. The summed E-state index contributed by atoms with van der Waals surface area (Å²) in [5.41, 5.74) is 2.46. The van der Waals surface area contributed by atoms with Crippen molar-refractivity contribution in [2.24, 2.45) is 0 Å². The van der Waals surface area contributed by atoms with E-state index in [0.717, 1.165) is 24.3 Å². The van der Waals surface area contributed by atoms with Gasteiger partial charge in [0.05, 0.1) is 7.11 Å². The first-order chi connectivity index (χ1) is 9.08. The number of hydrogen-bond donors (Lipinski definition) is 0. The molecule has 3 rings (SSSR count). The van der Waals surface area contributed by atoms with Gasteiger partial charge in [0.2, 0.25) is 5.91 Å². The first kappa shape index (κ1) is 12.5. The maximum absolute atomic E-state index is 12.1. The van der Waals surface area contributed by atoms with E-state index < -0.39 is 0 Å². The van der Waals surface area contributed by atoms with Gasteiger partial charge < -0.3 is 9.64 Å². The molecule has 1 saturated carbocycles. The van der Waals surface area contributed by atoms with Crippen molar-refractivity contribution in [1.82, 2.24) is 0 Å². The number of rotatable bonds is 1. The molecule has 1 aliphatic heterocycles. The molecule has 1 heterocycles. The fourth-order valence-electron chi connectivity index (χ4n) is 3.91. The molecule has 0 unspecified atom stereocenters. The van der Waals surface area contributed by atoms with Crippen LogP contribution in [-0.2, 0) is 10.2 Å². The molecule has 3 nitrogen and oxygen atoms in total. The summed E-state index contributed by atoms with van der Waals surface area (Å²) in [7, 11) is 1.69. The van der Waals surface area contributed by atoms with Crippen molar-refractivity contribution in [2.75, 3.05) is 12.0 Å². The van der Waals surface area contributed by atoms with Gasteiger partial charge in [0.15, 0.2) is 0 Å². The van der Waals surface area contributed by atoms with Crippen LogP contribution >= 0.6 is 0 Å². The van der Waals surface area contributed by atoms with Crippen LogP contribution in [0.3, 0.4) is 0 Å². The summed E-state index contributed by atoms with van der Waals surface area (Å²) in [6, 6.07) is 6.44. The summed E-state index contributed by atoms with van der Waals surface area (Å²) in [6.45, 7) is 3.98. The summed E-state index contributed by atoms with van der Waals surface area (Å²) >= 11 is 0. The maximum atomic E-state index is 12.1. The Balaban J connectivity index is 2.17. The van der Waals surface area contributed by atoms with Gasteiger partial charge in [-0.05, 0) is 36.6 Å². The average Bonchev–Trinajstić information content (AvgIpc) is 2.67. The van der Waals surface area contributed by atoms with Crippen molar-refractivity contribution < 1.29 is 9.53 Å². The van der Waals surface area contributed by atoms with E-state index in [4.69, 9.17) is 4.74 Å². The molecule has 0 saturated heterocycles. The van der Waals surface area contributed by atoms with E-state index in [9.17, 15) is 4.79 Å². The van der Waals surface area contributed by atoms with Gasteiger partial charge in [0.1, 0.15) is 5.75 Å². The molecule has 3 heteroatoms. The molecular weight excluding hydrogens is 238 g/mol. The van der Waals surface area contributed by atoms with Crippen molar-refractivity contribution in [3.63, 3.8) is 0 Å². The molecule has 1 aliphatic carbocycles. The summed E-state index contributed by atoms with van der Waals surface area (Å²) in [4.78, 5) is 14.1. The van der Waals surface area contributed by atoms with Crippen LogP contribution in [0.5, 0.6) is 5.75 Å². The molecule has 0 bridgehead atoms. The minimum Gasteiger partial charge on any atom is -0.497 e. The van der Waals surface area contributed by atoms with E-state index in [1.807, 2.05) is 17.0 Å². The van der Waals surface area contributed by atoms with E-state index in [-0.39, 0.29) is 11.3 Å². The third-order valence-corrected chi connectivity index (χ3v) is 4.89. The second-order valence-corrected chi connectivity index (χ2v) is 5.95. The number of amides is 1. The first-order valence-electron chi connectivity index (χ1n) is 7.06. The predicted octanol–water partition coefficient (Wildman–Crippen LogP) is 3.26. The fraction of sp³-hybridized carbons (Fsp3) is 0.562. The SMILES string of the molecule is COc1ccc2c(c1)[C@]1(C)CCCC[C@@H]1N2C(C)=O. The molecule has 2 atom stereocenters. The van der Waals surface area contributed by atoms with Crippen LogP contribution < -0.4 is 9.64 Å². The van der Waals surface area contributed by atoms with Crippen LogP contribution in [0, 0.1) is 0 Å². The number of nitrogens with zero attached hydrogens (tertiary/aromatic N) is 1. The van der Waals surface area contributed by atoms with Crippen LogP contribution in [0.2, 0.25) is 0 Å². The molecule has 1 aromatic carbocycles. The Bertz CT molecular complexity index is 525. The second-order valence-electron chi connectivity index (χ2n) is 5.95. The van der Waals surface area contributed by atoms with Gasteiger partial charge in [-0.3, -0.25) is 4.79 Å². The van der Waals surface area contributed by atoms with Crippen LogP contribution in [0.15, 0.2) is 18.2 Å². The second kappa shape index (κ2) is 4.26. The minimum absolute atomic E-state index is 0.0911. The lowest BCUT2D eigenvalue weighted by molar-refractivity contribution is -0.117. The van der Waals surface area contributed by atoms with Gasteiger partial charge in [-0.1, -0.05) is 19.8 Å². The molecule has 0 N–H and O–H groups in total. The van der Waals surface area contributed by atoms with Gasteiger partial charge >= 0.3 is 0 Å². The fourth-order valence-corrected chi connectivity index (χ4v) is 3.91. The number of benzene rings is 1. The largest absolute Gasteiger partial charge is 0.497 e. The minimum atomic E-state index is 0.0911. The zero-order chi connectivity index (χ0) is 13.6. The standard InChI is InChI=1S/C16H21NO2/c1-11(18)17-14-8-7-12(19-3)10-13(14)16(2)9-5-4-6-15(16)17/h7-8,10,15H,4-6,9H2,1-3H3/t15-,16-/m0/s1. The van der Waals surface area contributed by atoms with Gasteiger partial charge in [0.25, 0.3) is 0 Å². The van der Waals surface area contributed by atoms with E-state index in [2.05, 4.69) is 13.0 Å². The lowest BCUT2D eigenvalue weighted by Gasteiger charge is -2.39. The summed E-state index contributed by atoms with van der Waals surface area (Å²) in [6.07, 6.45) is 4.72. The Hall–Kier alpha value is -1.51. The zero-order valence-corrected chi connectivity index (χ0v) is 11.9. The van der Waals surface area contributed by atoms with Crippen molar-refractivity contribution in [2.45, 2.75) is 51.0 Å². The zero-order valence-electron chi connectivity index (χ0n) is 11.9. The molecule has 2 aliphatic rings. The number of ether oxygens (including phenoxy) is 1. The van der Waals surface area contributed by atoms with E-state index in [0.29, 0.717) is 6.04 Å². The van der Waals surface area contributed by atoms with E-state index in [1.165, 1.54) is 18.4 Å². The lowest BCUT2D eigenvalue weighted by Crippen LogP contribution is -2.47. The topological polar surface area (TPSA) is 29.5 Å². The Morgan fingerprint density at radius 3 is 2.89 bits per heavy atom. The Labute approximate surface area is 114 Å². The number of anilines is 1. The normalized spacial score (nSPS) is 28.8. The maximum Gasteiger partial charge on any atom is 0.224 e. The Morgan fingerprint density at radius 1 is 1.42 bits per heavy atom. The molecule has 1 aromatic rings. The van der Waals surface area contributed by atoms with Gasteiger partial charge in [0, 0.05) is 24.1 Å². The monoisotopic (exact) mass is 259 g/mol. The number of carbonyl (C=O) groups is 1. The highest BCUT2D eigenvalue weighted by molar-refractivity contribution is 5.96. The smallest absolute Gasteiger partial charge is 0.224 e. The molecule has 0 aromatic heterocycles. The molecule has 102 valence electrons. The highest BCUT2D eigenvalue weighted by atomic mass is 16.5. The highest BCUT2D eigenvalue weighted by Crippen LogP contribution is 2.52. The number of hydrogen-bond acceptors (Lipinski definition) is 2. The first-order valence-corrected chi connectivity index (χ1v) is 7.06. The van der Waals surface area contributed by atoms with Crippen molar-refractivity contribution in [3.8, 4) is 5.75 Å². The third-order valence-electron chi connectivity index (χ3n) is 4.89. The number of methoxy groups -OCH3 is 1. The van der Waals surface area contributed by atoms with Gasteiger partial charge in [-0.25, -0.2) is 0 Å². The predicted molar refractivity (Wildman–Crippen MR) is 75.8 cm³/mol. The van der Waals surface area contributed by atoms with E-state index in [1.54, 1.807) is 14.0 Å². The molecule has 19 heavy (non-hydrogen) atoms. The average molecular weight is 259 g/mol. The number of carbonyl (C=O) groups excluding carboxylic acids is 1. The summed E-state index contributed by atoms with van der Waals surface area (Å²) in [5.74, 6) is 1.04. The van der Waals surface area contributed by atoms with Gasteiger partial charge in [-0.2, -0.15) is 0 Å². The summed E-state index contributed by atoms with van der Waals surface area (Å²) in [5, 5.41) is 0. The van der Waals surface area contributed by atoms with Crippen molar-refractivity contribution in [3.05, 3.63) is 23.8 Å². The molecule has 1 amide bonds.